The van der Waals surface area contributed by atoms with E-state index in [9.17, 15) is 14.4 Å². The summed E-state index contributed by atoms with van der Waals surface area (Å²) in [6, 6.07) is 26.6. The quantitative estimate of drug-likeness (QED) is 0.210. The molecule has 1 amide bonds. The molecule has 1 N–H and O–H groups in total. The first kappa shape index (κ1) is 25.2. The number of amides is 1. The monoisotopic (exact) mass is 517 g/mol. The van der Waals surface area contributed by atoms with Crippen LogP contribution >= 0.6 is 23.2 Å². The Morgan fingerprint density at radius 1 is 0.750 bits per heavy atom. The van der Waals surface area contributed by atoms with Crippen molar-refractivity contribution >= 4 is 46.5 Å². The maximum atomic E-state index is 13.3. The molecule has 4 aromatic rings. The van der Waals surface area contributed by atoms with E-state index in [1.165, 1.54) is 24.3 Å². The average Bonchev–Trinajstić information content (AvgIpc) is 2.87. The smallest absolute Gasteiger partial charge is 0.340 e. The molecule has 36 heavy (non-hydrogen) atoms. The van der Waals surface area contributed by atoms with Crippen LogP contribution in [-0.4, -0.2) is 17.7 Å². The van der Waals surface area contributed by atoms with Gasteiger partial charge in [-0.25, -0.2) is 4.79 Å². The number of carbonyl (C=O) groups is 3. The van der Waals surface area contributed by atoms with Crippen molar-refractivity contribution in [2.24, 2.45) is 0 Å². The molecule has 4 rings (SSSR count). The molecule has 0 fully saturated rings. The van der Waals surface area contributed by atoms with Crippen molar-refractivity contribution in [2.45, 2.75) is 13.0 Å². The van der Waals surface area contributed by atoms with Gasteiger partial charge in [0, 0.05) is 32.4 Å². The molecule has 0 unspecified atom stereocenters. The molecule has 0 aliphatic rings. The van der Waals surface area contributed by atoms with E-state index in [4.69, 9.17) is 27.9 Å². The molecule has 180 valence electrons. The van der Waals surface area contributed by atoms with Gasteiger partial charge in [-0.05, 0) is 31.2 Å². The molecule has 0 aromatic heterocycles. The van der Waals surface area contributed by atoms with E-state index < -0.39 is 18.0 Å². The number of anilines is 1. The van der Waals surface area contributed by atoms with Gasteiger partial charge in [-0.15, -0.1) is 0 Å². The molecule has 0 heterocycles. The number of rotatable bonds is 7. The summed E-state index contributed by atoms with van der Waals surface area (Å²) < 4.78 is 5.69. The van der Waals surface area contributed by atoms with Crippen LogP contribution in [0, 0.1) is 6.92 Å². The van der Waals surface area contributed by atoms with Crippen LogP contribution in [0.25, 0.3) is 0 Å². The lowest BCUT2D eigenvalue weighted by molar-refractivity contribution is -0.125. The second-order valence-corrected chi connectivity index (χ2v) is 8.96. The minimum atomic E-state index is -1.29. The van der Waals surface area contributed by atoms with Crippen molar-refractivity contribution in [3.63, 3.8) is 0 Å². The molecule has 0 aliphatic carbocycles. The molecular formula is C29H21Cl2NO4. The third-order valence-electron chi connectivity index (χ3n) is 5.40. The van der Waals surface area contributed by atoms with Gasteiger partial charge in [0.2, 0.25) is 6.10 Å². The number of ketones is 1. The SMILES string of the molecule is Cc1ccc(C(=O)c2ccccc2C(=O)O[C@H](C(=O)Nc2cc(Cl)cc(Cl)c2)c2ccccc2)cc1. The predicted octanol–water partition coefficient (Wildman–Crippen LogP) is 7.07. The van der Waals surface area contributed by atoms with Crippen LogP contribution in [0.15, 0.2) is 97.1 Å². The van der Waals surface area contributed by atoms with E-state index in [-0.39, 0.29) is 16.9 Å². The minimum Gasteiger partial charge on any atom is -0.444 e. The summed E-state index contributed by atoms with van der Waals surface area (Å²) in [4.78, 5) is 39.7. The second-order valence-electron chi connectivity index (χ2n) is 8.08. The van der Waals surface area contributed by atoms with E-state index in [1.807, 2.05) is 19.1 Å². The third kappa shape index (κ3) is 6.00. The van der Waals surface area contributed by atoms with Gasteiger partial charge in [0.05, 0.1) is 5.56 Å². The summed E-state index contributed by atoms with van der Waals surface area (Å²) in [5.41, 5.74) is 2.50. The van der Waals surface area contributed by atoms with E-state index in [0.717, 1.165) is 5.56 Å². The molecule has 0 saturated heterocycles. The summed E-state index contributed by atoms with van der Waals surface area (Å²) in [5, 5.41) is 3.38. The zero-order chi connectivity index (χ0) is 25.7. The molecule has 1 atom stereocenters. The topological polar surface area (TPSA) is 72.5 Å². The average molecular weight is 518 g/mol. The number of ether oxygens (including phenoxy) is 1. The Labute approximate surface area is 218 Å². The number of benzene rings is 4. The van der Waals surface area contributed by atoms with Gasteiger partial charge in [-0.2, -0.15) is 0 Å². The first-order chi connectivity index (χ1) is 17.3. The number of hydrogen-bond donors (Lipinski definition) is 1. The highest BCUT2D eigenvalue weighted by molar-refractivity contribution is 6.35. The lowest BCUT2D eigenvalue weighted by Gasteiger charge is -2.19. The summed E-state index contributed by atoms with van der Waals surface area (Å²) in [7, 11) is 0. The Bertz CT molecular complexity index is 1400. The van der Waals surface area contributed by atoms with E-state index in [0.29, 0.717) is 26.9 Å². The maximum absolute atomic E-state index is 13.3. The van der Waals surface area contributed by atoms with Crippen LogP contribution in [-0.2, 0) is 9.53 Å². The van der Waals surface area contributed by atoms with Crippen LogP contribution < -0.4 is 5.32 Å². The van der Waals surface area contributed by atoms with Crippen molar-refractivity contribution in [2.75, 3.05) is 5.32 Å². The molecule has 0 spiro atoms. The Morgan fingerprint density at radius 2 is 1.33 bits per heavy atom. The molecule has 0 bridgehead atoms. The first-order valence-electron chi connectivity index (χ1n) is 11.0. The highest BCUT2D eigenvalue weighted by Crippen LogP contribution is 2.26. The van der Waals surface area contributed by atoms with Gasteiger partial charge >= 0.3 is 5.97 Å². The zero-order valence-electron chi connectivity index (χ0n) is 19.2. The summed E-state index contributed by atoms with van der Waals surface area (Å²) in [6.45, 7) is 1.92. The van der Waals surface area contributed by atoms with Crippen molar-refractivity contribution in [3.8, 4) is 0 Å². The molecule has 4 aromatic carbocycles. The third-order valence-corrected chi connectivity index (χ3v) is 5.84. The van der Waals surface area contributed by atoms with E-state index >= 15 is 0 Å². The van der Waals surface area contributed by atoms with E-state index in [1.54, 1.807) is 60.7 Å². The summed E-state index contributed by atoms with van der Waals surface area (Å²) in [5.74, 6) is -1.73. The summed E-state index contributed by atoms with van der Waals surface area (Å²) >= 11 is 12.1. The fourth-order valence-corrected chi connectivity index (χ4v) is 4.15. The fraction of sp³-hybridized carbons (Fsp3) is 0.0690. The van der Waals surface area contributed by atoms with Crippen molar-refractivity contribution in [1.29, 1.82) is 0 Å². The number of halogens is 2. The Hall–Kier alpha value is -3.93. The highest BCUT2D eigenvalue weighted by atomic mass is 35.5. The van der Waals surface area contributed by atoms with Gasteiger partial charge in [0.15, 0.2) is 5.78 Å². The van der Waals surface area contributed by atoms with Crippen molar-refractivity contribution in [3.05, 3.63) is 135 Å². The first-order valence-corrected chi connectivity index (χ1v) is 11.8. The van der Waals surface area contributed by atoms with Crippen LogP contribution in [0.5, 0.6) is 0 Å². The lowest BCUT2D eigenvalue weighted by atomic mass is 9.97. The van der Waals surface area contributed by atoms with Crippen LogP contribution in [0.3, 0.4) is 0 Å². The maximum Gasteiger partial charge on any atom is 0.340 e. The molecule has 7 heteroatoms. The van der Waals surface area contributed by atoms with Gasteiger partial charge in [0.1, 0.15) is 0 Å². The van der Waals surface area contributed by atoms with Crippen molar-refractivity contribution in [1.82, 2.24) is 0 Å². The largest absolute Gasteiger partial charge is 0.444 e. The number of hydrogen-bond acceptors (Lipinski definition) is 4. The number of esters is 1. The molecule has 5 nitrogen and oxygen atoms in total. The van der Waals surface area contributed by atoms with Gasteiger partial charge < -0.3 is 10.1 Å². The van der Waals surface area contributed by atoms with Crippen LogP contribution in [0.2, 0.25) is 10.0 Å². The fourth-order valence-electron chi connectivity index (χ4n) is 3.62. The molecule has 0 saturated carbocycles. The van der Waals surface area contributed by atoms with Gasteiger partial charge in [0.25, 0.3) is 5.91 Å². The van der Waals surface area contributed by atoms with Crippen LogP contribution in [0.1, 0.15) is 43.5 Å². The van der Waals surface area contributed by atoms with Crippen LogP contribution in [0.4, 0.5) is 5.69 Å². The minimum absolute atomic E-state index is 0.0580. The predicted molar refractivity (Wildman–Crippen MR) is 141 cm³/mol. The van der Waals surface area contributed by atoms with Gasteiger partial charge in [-0.1, -0.05) is 102 Å². The lowest BCUT2D eigenvalue weighted by Crippen LogP contribution is -2.26. The number of aryl methyl sites for hydroxylation is 1. The Balaban J connectivity index is 1.64. The number of nitrogens with one attached hydrogen (secondary N) is 1. The standard InChI is InChI=1S/C29H21Cl2NO4/c1-18-11-13-19(14-12-18)26(33)24-9-5-6-10-25(24)29(35)36-27(20-7-3-2-4-8-20)28(34)32-23-16-21(30)15-22(31)17-23/h2-17,27H,1H3,(H,32,34)/t27-/m0/s1. The van der Waals surface area contributed by atoms with Gasteiger partial charge in [-0.3, -0.25) is 9.59 Å². The second kappa shape index (κ2) is 11.2. The number of carbonyl (C=O) groups excluding carboxylic acids is 3. The Morgan fingerprint density at radius 3 is 1.97 bits per heavy atom. The molecule has 0 aliphatic heterocycles. The molecule has 0 radical (unpaired) electrons. The van der Waals surface area contributed by atoms with Crippen molar-refractivity contribution < 1.29 is 19.1 Å². The zero-order valence-corrected chi connectivity index (χ0v) is 20.7. The van der Waals surface area contributed by atoms with E-state index in [2.05, 4.69) is 5.32 Å². The normalized spacial score (nSPS) is 11.4. The highest BCUT2D eigenvalue weighted by Gasteiger charge is 2.28. The Kier molecular flexibility index (Phi) is 7.84. The summed E-state index contributed by atoms with van der Waals surface area (Å²) in [6.07, 6.45) is -1.29. The molecular weight excluding hydrogens is 497 g/mol.